The Labute approximate surface area is 193 Å². The number of alkyl carbamates (subject to hydrolysis) is 1. The molecule has 0 saturated carbocycles. The molecule has 2 atom stereocenters. The Morgan fingerprint density at radius 3 is 2.59 bits per heavy atom. The van der Waals surface area contributed by atoms with Gasteiger partial charge in [0.2, 0.25) is 5.91 Å². The Morgan fingerprint density at radius 1 is 1.25 bits per heavy atom. The lowest BCUT2D eigenvalue weighted by Gasteiger charge is -2.30. The molecule has 1 aliphatic heterocycles. The number of benzene rings is 1. The summed E-state index contributed by atoms with van der Waals surface area (Å²) in [5.74, 6) is -1.99. The van der Waals surface area contributed by atoms with Gasteiger partial charge in [0, 0.05) is 6.54 Å². The van der Waals surface area contributed by atoms with Crippen molar-refractivity contribution in [2.45, 2.75) is 45.8 Å². The average Bonchev–Trinajstić information content (AvgIpc) is 2.78. The van der Waals surface area contributed by atoms with Crippen molar-refractivity contribution >= 4 is 35.4 Å². The van der Waals surface area contributed by atoms with Crippen LogP contribution in [0.4, 0.5) is 4.79 Å². The van der Waals surface area contributed by atoms with E-state index in [1.54, 1.807) is 0 Å². The van der Waals surface area contributed by atoms with Crippen LogP contribution in [0.15, 0.2) is 30.3 Å². The Hall–Kier alpha value is -2.81. The van der Waals surface area contributed by atoms with Gasteiger partial charge in [0.05, 0.1) is 12.5 Å². The molecule has 4 amide bonds. The number of alkyl halides is 1. The highest BCUT2D eigenvalue weighted by molar-refractivity contribution is 6.27. The first-order valence-corrected chi connectivity index (χ1v) is 11.2. The molecule has 2 unspecified atom stereocenters. The number of rotatable bonds is 9. The van der Waals surface area contributed by atoms with E-state index in [0.717, 1.165) is 17.0 Å². The van der Waals surface area contributed by atoms with Crippen LogP contribution in [0.1, 0.15) is 38.7 Å². The third kappa shape index (κ3) is 8.37. The van der Waals surface area contributed by atoms with Gasteiger partial charge in [-0.1, -0.05) is 44.2 Å². The molecule has 1 aliphatic rings. The molecule has 0 spiro atoms. The Bertz CT molecular complexity index is 790. The van der Waals surface area contributed by atoms with Crippen LogP contribution in [-0.4, -0.2) is 53.8 Å². The predicted octanol–water partition coefficient (Wildman–Crippen LogP) is 1.95. The lowest BCUT2D eigenvalue weighted by Crippen LogP contribution is -2.57. The van der Waals surface area contributed by atoms with Crippen molar-refractivity contribution < 1.29 is 23.9 Å². The normalized spacial score (nSPS) is 16.6. The molecule has 3 N–H and O–H groups in total. The van der Waals surface area contributed by atoms with Crippen LogP contribution in [0, 0.1) is 11.8 Å². The lowest BCUT2D eigenvalue weighted by molar-refractivity contribution is -0.143. The van der Waals surface area contributed by atoms with Crippen LogP contribution in [0.2, 0.25) is 0 Å². The quantitative estimate of drug-likeness (QED) is 0.380. The van der Waals surface area contributed by atoms with Crippen LogP contribution < -0.4 is 16.1 Å². The van der Waals surface area contributed by atoms with E-state index in [0.29, 0.717) is 19.4 Å². The summed E-state index contributed by atoms with van der Waals surface area (Å²) in [6, 6.07) is 8.24. The van der Waals surface area contributed by atoms with Crippen molar-refractivity contribution in [2.75, 3.05) is 19.0 Å². The minimum absolute atomic E-state index is 0.00990. The molecule has 9 nitrogen and oxygen atoms in total. The fraction of sp³-hybridized carbons (Fsp3) is 0.545. The van der Waals surface area contributed by atoms with E-state index in [1.807, 2.05) is 44.2 Å². The van der Waals surface area contributed by atoms with Crippen molar-refractivity contribution in [3.05, 3.63) is 35.9 Å². The number of carbonyl (C=O) groups is 4. The van der Waals surface area contributed by atoms with Gasteiger partial charge in [0.25, 0.3) is 11.8 Å². The van der Waals surface area contributed by atoms with Gasteiger partial charge in [-0.25, -0.2) is 4.79 Å². The van der Waals surface area contributed by atoms with Crippen LogP contribution in [0.5, 0.6) is 0 Å². The topological polar surface area (TPSA) is 117 Å². The fourth-order valence-electron chi connectivity index (χ4n) is 3.33. The summed E-state index contributed by atoms with van der Waals surface area (Å²) < 4.78 is 5.21. The van der Waals surface area contributed by atoms with Crippen molar-refractivity contribution in [1.29, 1.82) is 0 Å². The van der Waals surface area contributed by atoms with E-state index < -0.39 is 29.9 Å². The first-order chi connectivity index (χ1) is 15.3. The molecule has 1 aromatic rings. The smallest absolute Gasteiger partial charge is 0.408 e. The van der Waals surface area contributed by atoms with Crippen molar-refractivity contribution in [1.82, 2.24) is 21.1 Å². The second-order valence-electron chi connectivity index (χ2n) is 8.13. The second-order valence-corrected chi connectivity index (χ2v) is 8.40. The molecule has 0 bridgehead atoms. The number of hydrogen-bond acceptors (Lipinski definition) is 5. The lowest BCUT2D eigenvalue weighted by atomic mass is 9.98. The molecule has 0 aliphatic carbocycles. The van der Waals surface area contributed by atoms with Gasteiger partial charge in [-0.3, -0.25) is 24.8 Å². The Morgan fingerprint density at radius 2 is 1.97 bits per heavy atom. The summed E-state index contributed by atoms with van der Waals surface area (Å²) in [5.41, 5.74) is 3.35. The van der Waals surface area contributed by atoms with Gasteiger partial charge >= 0.3 is 6.09 Å². The summed E-state index contributed by atoms with van der Waals surface area (Å²) in [6.07, 6.45) is 0.987. The SMILES string of the molecule is CC(C)CC(NC(=O)OCc1ccccc1)C(=O)NN(CC1CCCNC1=O)C(=O)CCl. The van der Waals surface area contributed by atoms with E-state index in [2.05, 4.69) is 16.1 Å². The number of hydrazine groups is 1. The molecule has 2 rings (SSSR count). The van der Waals surface area contributed by atoms with Crippen LogP contribution in [-0.2, 0) is 25.7 Å². The van der Waals surface area contributed by atoms with Gasteiger partial charge < -0.3 is 15.4 Å². The fourth-order valence-corrected chi connectivity index (χ4v) is 3.48. The monoisotopic (exact) mass is 466 g/mol. The highest BCUT2D eigenvalue weighted by Gasteiger charge is 2.30. The zero-order chi connectivity index (χ0) is 23.5. The molecule has 0 radical (unpaired) electrons. The highest BCUT2D eigenvalue weighted by atomic mass is 35.5. The number of amides is 4. The zero-order valence-electron chi connectivity index (χ0n) is 18.4. The highest BCUT2D eigenvalue weighted by Crippen LogP contribution is 2.13. The van der Waals surface area contributed by atoms with Gasteiger partial charge in [-0.05, 0) is 30.7 Å². The molecule has 176 valence electrons. The number of nitrogens with zero attached hydrogens (tertiary/aromatic N) is 1. The molecule has 1 aromatic carbocycles. The van der Waals surface area contributed by atoms with Gasteiger partial charge in [0.1, 0.15) is 18.5 Å². The summed E-state index contributed by atoms with van der Waals surface area (Å²) in [6.45, 7) is 4.49. The average molecular weight is 467 g/mol. The minimum atomic E-state index is -0.927. The number of ether oxygens (including phenoxy) is 1. The molecule has 32 heavy (non-hydrogen) atoms. The number of nitrogens with one attached hydrogen (secondary N) is 3. The third-order valence-electron chi connectivity index (χ3n) is 4.99. The van der Waals surface area contributed by atoms with Gasteiger partial charge in [0.15, 0.2) is 0 Å². The largest absolute Gasteiger partial charge is 0.445 e. The van der Waals surface area contributed by atoms with E-state index in [4.69, 9.17) is 16.3 Å². The summed E-state index contributed by atoms with van der Waals surface area (Å²) in [7, 11) is 0. The van der Waals surface area contributed by atoms with Crippen molar-refractivity contribution in [2.24, 2.45) is 11.8 Å². The molecule has 1 fully saturated rings. The first-order valence-electron chi connectivity index (χ1n) is 10.7. The zero-order valence-corrected chi connectivity index (χ0v) is 19.2. The van der Waals surface area contributed by atoms with E-state index in [-0.39, 0.29) is 30.9 Å². The summed E-state index contributed by atoms with van der Waals surface area (Å²) in [4.78, 5) is 49.6. The third-order valence-corrected chi connectivity index (χ3v) is 5.22. The number of carbonyl (C=O) groups excluding carboxylic acids is 4. The Kier molecular flexibility index (Phi) is 10.3. The van der Waals surface area contributed by atoms with Crippen molar-refractivity contribution in [3.8, 4) is 0 Å². The Balaban J connectivity index is 2.00. The standard InChI is InChI=1S/C22H31ClN4O5/c1-15(2)11-18(25-22(31)32-14-16-7-4-3-5-8-16)21(30)26-27(19(28)12-23)13-17-9-6-10-24-20(17)29/h3-5,7-8,15,17-18H,6,9-14H2,1-2H3,(H,24,29)(H,25,31)(H,26,30). The van der Waals surface area contributed by atoms with Crippen LogP contribution >= 0.6 is 11.6 Å². The molecule has 0 aromatic heterocycles. The molecular weight excluding hydrogens is 436 g/mol. The van der Waals surface area contributed by atoms with E-state index in [1.165, 1.54) is 0 Å². The van der Waals surface area contributed by atoms with Gasteiger partial charge in [-0.2, -0.15) is 0 Å². The molecular formula is C22H31ClN4O5. The molecule has 10 heteroatoms. The van der Waals surface area contributed by atoms with Crippen molar-refractivity contribution in [3.63, 3.8) is 0 Å². The van der Waals surface area contributed by atoms with E-state index in [9.17, 15) is 19.2 Å². The first kappa shape index (κ1) is 25.5. The second kappa shape index (κ2) is 12.9. The summed E-state index contributed by atoms with van der Waals surface area (Å²) in [5, 5.41) is 6.39. The summed E-state index contributed by atoms with van der Waals surface area (Å²) >= 11 is 5.70. The number of piperidine rings is 1. The molecule has 1 heterocycles. The minimum Gasteiger partial charge on any atom is -0.445 e. The van der Waals surface area contributed by atoms with Crippen LogP contribution in [0.25, 0.3) is 0 Å². The maximum atomic E-state index is 12.9. The van der Waals surface area contributed by atoms with Crippen LogP contribution in [0.3, 0.4) is 0 Å². The maximum Gasteiger partial charge on any atom is 0.408 e. The number of hydrogen-bond donors (Lipinski definition) is 3. The maximum absolute atomic E-state index is 12.9. The molecule has 1 saturated heterocycles. The van der Waals surface area contributed by atoms with E-state index >= 15 is 0 Å². The van der Waals surface area contributed by atoms with Gasteiger partial charge in [-0.15, -0.1) is 11.6 Å². The number of halogens is 1. The predicted molar refractivity (Wildman–Crippen MR) is 119 cm³/mol.